The molecule has 3 atom stereocenters. The van der Waals surface area contributed by atoms with Crippen molar-refractivity contribution in [3.05, 3.63) is 12.2 Å². The number of hydrogen-bond donors (Lipinski definition) is 3. The zero-order valence-corrected chi connectivity index (χ0v) is 38.5. The van der Waals surface area contributed by atoms with E-state index in [-0.39, 0.29) is 24.9 Å². The molecule has 6 nitrogen and oxygen atoms in total. The van der Waals surface area contributed by atoms with E-state index >= 15 is 0 Å². The van der Waals surface area contributed by atoms with E-state index in [0.29, 0.717) is 19.3 Å². The lowest BCUT2D eigenvalue weighted by Gasteiger charge is -2.24. The van der Waals surface area contributed by atoms with Crippen molar-refractivity contribution in [3.63, 3.8) is 0 Å². The van der Waals surface area contributed by atoms with Gasteiger partial charge in [0.15, 0.2) is 0 Å². The van der Waals surface area contributed by atoms with Gasteiger partial charge in [0.2, 0.25) is 5.91 Å². The first-order chi connectivity index (χ1) is 28.0. The van der Waals surface area contributed by atoms with E-state index in [0.717, 1.165) is 57.8 Å². The van der Waals surface area contributed by atoms with Crippen LogP contribution in [0, 0.1) is 0 Å². The predicted octanol–water partition coefficient (Wildman–Crippen LogP) is 15.0. The fourth-order valence-electron chi connectivity index (χ4n) is 7.96. The van der Waals surface area contributed by atoms with Crippen LogP contribution in [-0.2, 0) is 14.3 Å². The largest absolute Gasteiger partial charge is 0.462 e. The molecule has 0 aromatic heterocycles. The first-order valence-corrected chi connectivity index (χ1v) is 25.4. The Bertz CT molecular complexity index is 863. The number of ether oxygens (including phenoxy) is 1. The zero-order chi connectivity index (χ0) is 41.7. The lowest BCUT2D eigenvalue weighted by Crippen LogP contribution is -2.46. The van der Waals surface area contributed by atoms with E-state index in [1.165, 1.54) is 173 Å². The lowest BCUT2D eigenvalue weighted by molar-refractivity contribution is -0.151. The molecule has 3 N–H and O–H groups in total. The van der Waals surface area contributed by atoms with Gasteiger partial charge in [-0.2, -0.15) is 0 Å². The third-order valence-corrected chi connectivity index (χ3v) is 11.8. The van der Waals surface area contributed by atoms with Crippen molar-refractivity contribution in [1.29, 1.82) is 0 Å². The average molecular weight is 806 g/mol. The van der Waals surface area contributed by atoms with Crippen LogP contribution < -0.4 is 5.32 Å². The summed E-state index contributed by atoms with van der Waals surface area (Å²) >= 11 is 0. The number of esters is 1. The summed E-state index contributed by atoms with van der Waals surface area (Å²) in [6.07, 6.45) is 49.9. The van der Waals surface area contributed by atoms with Crippen molar-refractivity contribution in [2.45, 2.75) is 296 Å². The molecule has 0 saturated carbocycles. The Balaban J connectivity index is 4.55. The number of allylic oxidation sites excluding steroid dienone is 2. The number of nitrogens with one attached hydrogen (secondary N) is 1. The normalized spacial score (nSPS) is 13.3. The molecule has 0 bridgehead atoms. The highest BCUT2D eigenvalue weighted by Crippen LogP contribution is 2.18. The van der Waals surface area contributed by atoms with E-state index in [9.17, 15) is 19.8 Å². The summed E-state index contributed by atoms with van der Waals surface area (Å²) in [7, 11) is 0. The highest BCUT2D eigenvalue weighted by Gasteiger charge is 2.24. The van der Waals surface area contributed by atoms with Crippen LogP contribution in [0.2, 0.25) is 0 Å². The van der Waals surface area contributed by atoms with Gasteiger partial charge in [0.25, 0.3) is 0 Å². The number of carbonyl (C=O) groups excluding carboxylic acids is 2. The molecule has 0 aromatic carbocycles. The van der Waals surface area contributed by atoms with Crippen LogP contribution in [0.1, 0.15) is 278 Å². The van der Waals surface area contributed by atoms with Gasteiger partial charge in [-0.3, -0.25) is 9.59 Å². The Morgan fingerprint density at radius 1 is 0.491 bits per heavy atom. The molecule has 0 aliphatic rings. The quantitative estimate of drug-likeness (QED) is 0.0323. The summed E-state index contributed by atoms with van der Waals surface area (Å²) in [5.41, 5.74) is 0. The second-order valence-electron chi connectivity index (χ2n) is 17.6. The van der Waals surface area contributed by atoms with Crippen molar-refractivity contribution in [1.82, 2.24) is 5.32 Å². The summed E-state index contributed by atoms with van der Waals surface area (Å²) in [6.45, 7) is 6.48. The summed E-state index contributed by atoms with van der Waals surface area (Å²) < 4.78 is 5.91. The smallest absolute Gasteiger partial charge is 0.306 e. The monoisotopic (exact) mass is 806 g/mol. The van der Waals surface area contributed by atoms with Gasteiger partial charge in [-0.25, -0.2) is 0 Å². The zero-order valence-electron chi connectivity index (χ0n) is 38.5. The van der Waals surface area contributed by atoms with Crippen molar-refractivity contribution < 1.29 is 24.5 Å². The lowest BCUT2D eigenvalue weighted by atomic mass is 10.0. The van der Waals surface area contributed by atoms with Gasteiger partial charge in [0.1, 0.15) is 6.10 Å². The van der Waals surface area contributed by atoms with Gasteiger partial charge >= 0.3 is 5.97 Å². The van der Waals surface area contributed by atoms with E-state index in [1.807, 2.05) is 0 Å². The highest BCUT2D eigenvalue weighted by molar-refractivity contribution is 5.77. The van der Waals surface area contributed by atoms with Gasteiger partial charge < -0.3 is 20.3 Å². The molecule has 0 spiro atoms. The van der Waals surface area contributed by atoms with Gasteiger partial charge in [0, 0.05) is 6.42 Å². The summed E-state index contributed by atoms with van der Waals surface area (Å²) in [4.78, 5) is 26.0. The Labute approximate surface area is 355 Å². The number of rotatable bonds is 46. The van der Waals surface area contributed by atoms with Gasteiger partial charge in [-0.15, -0.1) is 0 Å². The summed E-state index contributed by atoms with van der Waals surface area (Å²) in [6, 6.07) is -0.699. The second kappa shape index (κ2) is 45.7. The van der Waals surface area contributed by atoms with Crippen molar-refractivity contribution in [2.24, 2.45) is 0 Å². The molecule has 57 heavy (non-hydrogen) atoms. The van der Waals surface area contributed by atoms with E-state index < -0.39 is 18.2 Å². The number of unbranched alkanes of at least 4 members (excludes halogenated alkanes) is 32. The maximum absolute atomic E-state index is 13.2. The minimum Gasteiger partial charge on any atom is -0.462 e. The fraction of sp³-hybridized carbons (Fsp3) is 0.922. The van der Waals surface area contributed by atoms with E-state index in [2.05, 4.69) is 38.2 Å². The maximum atomic E-state index is 13.2. The van der Waals surface area contributed by atoms with Crippen LogP contribution >= 0.6 is 0 Å². The van der Waals surface area contributed by atoms with Crippen molar-refractivity contribution in [2.75, 3.05) is 6.61 Å². The van der Waals surface area contributed by atoms with Gasteiger partial charge in [-0.1, -0.05) is 226 Å². The summed E-state index contributed by atoms with van der Waals surface area (Å²) in [5.74, 6) is -0.475. The molecule has 0 rings (SSSR count). The maximum Gasteiger partial charge on any atom is 0.306 e. The first-order valence-electron chi connectivity index (χ1n) is 25.4. The number of aliphatic hydroxyl groups is 2. The van der Waals surface area contributed by atoms with Crippen LogP contribution in [0.3, 0.4) is 0 Å². The standard InChI is InChI=1S/C51H99NO5/c1-4-7-10-13-16-19-22-24-25-26-27-28-30-33-36-39-42-47(57-51(56)44-41-38-35-32-21-18-15-12-9-6-3)45-50(55)52-48(46-53)49(54)43-40-37-34-31-29-23-20-17-14-11-8-5-2/h27-28,47-49,53-54H,4-26,29-46H2,1-3H3,(H,52,55)/b28-27+. The van der Waals surface area contributed by atoms with Gasteiger partial charge in [0.05, 0.1) is 25.2 Å². The van der Waals surface area contributed by atoms with Crippen LogP contribution in [0.25, 0.3) is 0 Å². The first kappa shape index (κ1) is 55.6. The Morgan fingerprint density at radius 2 is 0.842 bits per heavy atom. The molecule has 1 amide bonds. The molecule has 0 fully saturated rings. The third kappa shape index (κ3) is 41.1. The predicted molar refractivity (Wildman–Crippen MR) is 246 cm³/mol. The molecule has 0 aliphatic heterocycles. The molecule has 6 heteroatoms. The summed E-state index contributed by atoms with van der Waals surface area (Å²) in [5, 5.41) is 23.7. The van der Waals surface area contributed by atoms with E-state index in [1.54, 1.807) is 0 Å². The van der Waals surface area contributed by atoms with Crippen molar-refractivity contribution >= 4 is 11.9 Å². The topological polar surface area (TPSA) is 95.9 Å². The SMILES string of the molecule is CCCCCCCCCCC/C=C/CCCCCC(CC(=O)NC(CO)C(O)CCCCCCCCCCCCCC)OC(=O)CCCCCCCCCCCC. The fourth-order valence-corrected chi connectivity index (χ4v) is 7.96. The molecule has 0 aliphatic carbocycles. The molecule has 0 saturated heterocycles. The Hall–Kier alpha value is -1.40. The van der Waals surface area contributed by atoms with Crippen LogP contribution in [0.5, 0.6) is 0 Å². The third-order valence-electron chi connectivity index (χ3n) is 11.8. The second-order valence-corrected chi connectivity index (χ2v) is 17.6. The number of hydrogen-bond acceptors (Lipinski definition) is 5. The highest BCUT2D eigenvalue weighted by atomic mass is 16.5. The number of amides is 1. The molecule has 0 aromatic rings. The minimum absolute atomic E-state index is 0.0736. The molecule has 0 radical (unpaired) electrons. The molecule has 3 unspecified atom stereocenters. The van der Waals surface area contributed by atoms with Crippen LogP contribution in [-0.4, -0.2) is 46.9 Å². The van der Waals surface area contributed by atoms with Gasteiger partial charge in [-0.05, 0) is 51.4 Å². The average Bonchev–Trinajstić information content (AvgIpc) is 3.20. The Morgan fingerprint density at radius 3 is 1.26 bits per heavy atom. The van der Waals surface area contributed by atoms with Crippen molar-refractivity contribution in [3.8, 4) is 0 Å². The molecule has 0 heterocycles. The Kier molecular flexibility index (Phi) is 44.6. The molecular formula is C51H99NO5. The molecular weight excluding hydrogens is 707 g/mol. The van der Waals surface area contributed by atoms with Crippen LogP contribution in [0.15, 0.2) is 12.2 Å². The number of aliphatic hydroxyl groups excluding tert-OH is 2. The molecule has 338 valence electrons. The minimum atomic E-state index is -0.784. The van der Waals surface area contributed by atoms with Crippen LogP contribution in [0.4, 0.5) is 0 Å². The van der Waals surface area contributed by atoms with E-state index in [4.69, 9.17) is 4.74 Å². The number of carbonyl (C=O) groups is 2.